The minimum absolute atomic E-state index is 0.0847. The van der Waals surface area contributed by atoms with E-state index in [4.69, 9.17) is 11.6 Å². The zero-order valence-corrected chi connectivity index (χ0v) is 17.6. The van der Waals surface area contributed by atoms with Gasteiger partial charge in [-0.15, -0.1) is 11.3 Å². The van der Waals surface area contributed by atoms with E-state index in [1.54, 1.807) is 35.7 Å². The molecule has 3 aromatic rings. The highest BCUT2D eigenvalue weighted by molar-refractivity contribution is 7.12. The molecule has 0 aliphatic carbocycles. The summed E-state index contributed by atoms with van der Waals surface area (Å²) in [5.41, 5.74) is 0.521. The van der Waals surface area contributed by atoms with Crippen molar-refractivity contribution in [1.29, 1.82) is 0 Å². The minimum atomic E-state index is -0.475. The molecule has 1 aromatic carbocycles. The molecule has 1 amide bonds. The summed E-state index contributed by atoms with van der Waals surface area (Å²) in [5.74, 6) is -0.712. The largest absolute Gasteiger partial charge is 0.494 e. The third-order valence-electron chi connectivity index (χ3n) is 4.36. The van der Waals surface area contributed by atoms with Crippen LogP contribution in [0.15, 0.2) is 35.7 Å². The van der Waals surface area contributed by atoms with Gasteiger partial charge in [-0.1, -0.05) is 17.7 Å². The molecular weight excluding hydrogens is 400 g/mol. The molecule has 28 heavy (non-hydrogen) atoms. The Balaban J connectivity index is 1.96. The van der Waals surface area contributed by atoms with Crippen LogP contribution in [0.5, 0.6) is 5.88 Å². The number of aromatic hydroxyl groups is 1. The zero-order valence-electron chi connectivity index (χ0n) is 16.0. The van der Waals surface area contributed by atoms with Gasteiger partial charge in [-0.3, -0.25) is 4.79 Å². The van der Waals surface area contributed by atoms with Crippen LogP contribution in [0.4, 0.5) is 4.79 Å². The molecular formula is C20H23ClN3O3S+. The van der Waals surface area contributed by atoms with Gasteiger partial charge < -0.3 is 14.9 Å². The number of nitrogens with one attached hydrogen (secondary N) is 1. The molecule has 0 saturated carbocycles. The lowest BCUT2D eigenvalue weighted by molar-refractivity contribution is -0.870. The Bertz CT molecular complexity index is 1020. The summed E-state index contributed by atoms with van der Waals surface area (Å²) in [4.78, 5) is 26.2. The number of quaternary nitrogens is 1. The van der Waals surface area contributed by atoms with Crippen molar-refractivity contribution in [2.45, 2.75) is 6.42 Å². The normalized spacial score (nSPS) is 11.7. The number of fused-ring (bicyclic) bond motifs is 1. The summed E-state index contributed by atoms with van der Waals surface area (Å²) in [6, 6.07) is 7.83. The fourth-order valence-corrected chi connectivity index (χ4v) is 3.88. The molecule has 0 bridgehead atoms. The quantitative estimate of drug-likeness (QED) is 0.359. The molecule has 0 aliphatic rings. The van der Waals surface area contributed by atoms with Gasteiger partial charge in [-0.25, -0.2) is 9.36 Å². The van der Waals surface area contributed by atoms with E-state index in [9.17, 15) is 14.7 Å². The Labute approximate surface area is 172 Å². The molecule has 2 heterocycles. The Hall–Kier alpha value is -2.35. The number of halogens is 1. The van der Waals surface area contributed by atoms with Crippen molar-refractivity contribution in [3.63, 3.8) is 0 Å². The number of ketones is 1. The Morgan fingerprint density at radius 3 is 2.71 bits per heavy atom. The first-order valence-corrected chi connectivity index (χ1v) is 10.1. The lowest BCUT2D eigenvalue weighted by Gasteiger charge is -2.23. The summed E-state index contributed by atoms with van der Waals surface area (Å²) in [6.07, 6.45) is 0.794. The van der Waals surface area contributed by atoms with Crippen LogP contribution in [-0.4, -0.2) is 60.2 Å². The second-order valence-electron chi connectivity index (χ2n) is 7.60. The number of hydrogen-bond acceptors (Lipinski definition) is 4. The molecule has 8 heteroatoms. The van der Waals surface area contributed by atoms with Gasteiger partial charge in [0.15, 0.2) is 0 Å². The highest BCUT2D eigenvalue weighted by Gasteiger charge is 2.27. The zero-order chi connectivity index (χ0) is 20.5. The smallest absolute Gasteiger partial charge is 0.328 e. The van der Waals surface area contributed by atoms with Gasteiger partial charge in [0.1, 0.15) is 0 Å². The molecule has 3 rings (SSSR count). The third-order valence-corrected chi connectivity index (χ3v) is 5.47. The van der Waals surface area contributed by atoms with E-state index >= 15 is 0 Å². The fraction of sp³-hybridized carbons (Fsp3) is 0.300. The minimum Gasteiger partial charge on any atom is -0.494 e. The molecule has 0 unspecified atom stereocenters. The van der Waals surface area contributed by atoms with E-state index in [0.29, 0.717) is 27.3 Å². The first kappa shape index (κ1) is 20.4. The first-order chi connectivity index (χ1) is 13.2. The van der Waals surface area contributed by atoms with Gasteiger partial charge >= 0.3 is 6.03 Å². The lowest BCUT2D eigenvalue weighted by Crippen LogP contribution is -2.38. The molecule has 0 atom stereocenters. The number of carbonyl (C=O) groups excluding carboxylic acids is 2. The Morgan fingerprint density at radius 2 is 2.07 bits per heavy atom. The van der Waals surface area contributed by atoms with Crippen molar-refractivity contribution in [2.24, 2.45) is 0 Å². The van der Waals surface area contributed by atoms with Gasteiger partial charge in [-0.2, -0.15) is 0 Å². The molecule has 0 radical (unpaired) electrons. The average Bonchev–Trinajstić information content (AvgIpc) is 3.23. The number of rotatable bonds is 6. The van der Waals surface area contributed by atoms with E-state index in [0.717, 1.165) is 22.0 Å². The summed E-state index contributed by atoms with van der Waals surface area (Å²) in [7, 11) is 6.25. The Morgan fingerprint density at radius 1 is 1.32 bits per heavy atom. The number of amides is 1. The van der Waals surface area contributed by atoms with E-state index < -0.39 is 6.03 Å². The topological polar surface area (TPSA) is 71.3 Å². The van der Waals surface area contributed by atoms with Crippen LogP contribution in [0.2, 0.25) is 5.02 Å². The van der Waals surface area contributed by atoms with Crippen molar-refractivity contribution in [2.75, 3.05) is 34.2 Å². The molecule has 0 fully saturated rings. The van der Waals surface area contributed by atoms with E-state index in [1.165, 1.54) is 11.3 Å². The molecule has 6 nitrogen and oxygen atoms in total. The second-order valence-corrected chi connectivity index (χ2v) is 8.99. The third kappa shape index (κ3) is 4.22. The van der Waals surface area contributed by atoms with Gasteiger partial charge in [0.25, 0.3) is 0 Å². The van der Waals surface area contributed by atoms with Crippen LogP contribution < -0.4 is 5.32 Å². The monoisotopic (exact) mass is 422 g/mol. The maximum absolute atomic E-state index is 12.9. The number of aromatic nitrogens is 1. The summed E-state index contributed by atoms with van der Waals surface area (Å²) < 4.78 is 1.93. The Kier molecular flexibility index (Phi) is 5.79. The fourth-order valence-electron chi connectivity index (χ4n) is 3.04. The predicted octanol–water partition coefficient (Wildman–Crippen LogP) is 3.95. The van der Waals surface area contributed by atoms with Crippen LogP contribution in [0.3, 0.4) is 0 Å². The van der Waals surface area contributed by atoms with E-state index in [1.807, 2.05) is 0 Å². The number of nitrogens with zero attached hydrogens (tertiary/aromatic N) is 2. The maximum atomic E-state index is 12.9. The first-order valence-electron chi connectivity index (χ1n) is 8.89. The summed E-state index contributed by atoms with van der Waals surface area (Å²) >= 11 is 7.38. The highest BCUT2D eigenvalue weighted by atomic mass is 35.5. The van der Waals surface area contributed by atoms with Gasteiger partial charge in [0.05, 0.1) is 43.6 Å². The standard InChI is InChI=1S/C20H22ClN3O3S/c1-24(2,3)10-5-9-22-20(27)23-15-8-7-13(21)12-14(15)17(19(23)26)18(25)16-6-4-11-28-16/h4,6-8,11-12H,5,9-10H2,1-3H3,(H-,22,25,26,27)/p+1/i18+2. The van der Waals surface area contributed by atoms with Crippen LogP contribution in [0, 0.1) is 0 Å². The lowest BCUT2D eigenvalue weighted by atomic mass is 10.2. The SMILES string of the molecule is C[N+](C)(C)CCCNC(=O)n1c(O)c([14C](=O)c2cccs2)c2cc(Cl)ccc21. The van der Waals surface area contributed by atoms with Crippen molar-refractivity contribution in [1.82, 2.24) is 9.88 Å². The number of hydrogen-bond donors (Lipinski definition) is 2. The number of carbonyl (C=O) groups is 2. The molecule has 0 saturated heterocycles. The van der Waals surface area contributed by atoms with Crippen molar-refractivity contribution >= 4 is 45.7 Å². The average molecular weight is 423 g/mol. The number of thiophene rings is 1. The molecule has 0 spiro atoms. The maximum Gasteiger partial charge on any atom is 0.328 e. The van der Waals surface area contributed by atoms with Gasteiger partial charge in [-0.05, 0) is 29.6 Å². The van der Waals surface area contributed by atoms with Gasteiger partial charge in [0.2, 0.25) is 11.7 Å². The summed E-state index contributed by atoms with van der Waals surface area (Å²) in [6.45, 7) is 1.37. The van der Waals surface area contributed by atoms with Crippen LogP contribution in [0.25, 0.3) is 10.9 Å². The summed E-state index contributed by atoms with van der Waals surface area (Å²) in [5, 5.41) is 16.2. The van der Waals surface area contributed by atoms with Crippen LogP contribution in [-0.2, 0) is 0 Å². The molecule has 2 aromatic heterocycles. The second kappa shape index (κ2) is 7.95. The van der Waals surface area contributed by atoms with Crippen LogP contribution >= 0.6 is 22.9 Å². The molecule has 148 valence electrons. The highest BCUT2D eigenvalue weighted by Crippen LogP contribution is 2.35. The van der Waals surface area contributed by atoms with E-state index in [2.05, 4.69) is 26.5 Å². The van der Waals surface area contributed by atoms with Crippen LogP contribution in [0.1, 0.15) is 21.7 Å². The number of benzene rings is 1. The van der Waals surface area contributed by atoms with Crippen molar-refractivity contribution < 1.29 is 19.2 Å². The van der Waals surface area contributed by atoms with Gasteiger partial charge in [0, 0.05) is 23.4 Å². The van der Waals surface area contributed by atoms with Crippen molar-refractivity contribution in [3.8, 4) is 5.88 Å². The molecule has 2 N–H and O–H groups in total. The van der Waals surface area contributed by atoms with Crippen molar-refractivity contribution in [3.05, 3.63) is 51.2 Å². The predicted molar refractivity (Wildman–Crippen MR) is 113 cm³/mol. The molecule has 0 aliphatic heterocycles. The van der Waals surface area contributed by atoms with E-state index in [-0.39, 0.29) is 17.2 Å².